The minimum Gasteiger partial charge on any atom is -0.401 e. The standard InChI is InChI=1S/C30H35F2N5O/c1-17(2)20-13-27-28(35-16-20)23-14-25(32)22(29(18(3)33)36(4)34)15-26(23)37(27)30(19-9-11-38-12-10-19)21-7-5-6-8-24(21)31/h5-8,13-17,19,30H,9-12,33-34H2,1-4H3/b29-18-. The largest absolute Gasteiger partial charge is 0.401 e. The third kappa shape index (κ3) is 4.52. The summed E-state index contributed by atoms with van der Waals surface area (Å²) in [7, 11) is 1.63. The van der Waals surface area contributed by atoms with Gasteiger partial charge in [-0.2, -0.15) is 0 Å². The van der Waals surface area contributed by atoms with Gasteiger partial charge in [-0.1, -0.05) is 32.0 Å². The molecule has 1 unspecified atom stereocenters. The number of nitrogens with two attached hydrogens (primary N) is 2. The lowest BCUT2D eigenvalue weighted by atomic mass is 9.86. The van der Waals surface area contributed by atoms with E-state index in [0.29, 0.717) is 41.1 Å². The third-order valence-electron chi connectivity index (χ3n) is 7.61. The molecule has 200 valence electrons. The van der Waals surface area contributed by atoms with Gasteiger partial charge in [-0.25, -0.2) is 14.6 Å². The molecule has 0 spiro atoms. The number of halogens is 2. The number of fused-ring (bicyclic) bond motifs is 3. The number of ether oxygens (including phenoxy) is 1. The highest BCUT2D eigenvalue weighted by Crippen LogP contribution is 2.42. The van der Waals surface area contributed by atoms with E-state index in [1.807, 2.05) is 18.3 Å². The fraction of sp³-hybridized carbons (Fsp3) is 0.367. The molecule has 5 rings (SSSR count). The Bertz CT molecular complexity index is 1510. The summed E-state index contributed by atoms with van der Waals surface area (Å²) >= 11 is 0. The number of hydrogen-bond donors (Lipinski definition) is 2. The van der Waals surface area contributed by atoms with Gasteiger partial charge in [0.25, 0.3) is 0 Å². The van der Waals surface area contributed by atoms with Gasteiger partial charge in [0.05, 0.1) is 28.3 Å². The van der Waals surface area contributed by atoms with E-state index in [0.717, 1.165) is 29.4 Å². The number of hydrazine groups is 1. The van der Waals surface area contributed by atoms with Crippen molar-refractivity contribution in [1.82, 2.24) is 14.6 Å². The average molecular weight is 520 g/mol. The van der Waals surface area contributed by atoms with E-state index in [-0.39, 0.29) is 29.3 Å². The Balaban J connectivity index is 1.91. The van der Waals surface area contributed by atoms with Crippen LogP contribution in [-0.4, -0.2) is 34.8 Å². The van der Waals surface area contributed by atoms with E-state index in [1.165, 1.54) is 17.1 Å². The first-order valence-corrected chi connectivity index (χ1v) is 13.1. The molecule has 1 saturated heterocycles. The first-order valence-electron chi connectivity index (χ1n) is 13.1. The molecule has 1 aliphatic rings. The normalized spacial score (nSPS) is 16.3. The maximum Gasteiger partial charge on any atom is 0.133 e. The van der Waals surface area contributed by atoms with Crippen molar-refractivity contribution in [2.45, 2.75) is 45.6 Å². The van der Waals surface area contributed by atoms with Crippen molar-refractivity contribution in [3.05, 3.63) is 82.7 Å². The van der Waals surface area contributed by atoms with Gasteiger partial charge in [-0.05, 0) is 61.4 Å². The Morgan fingerprint density at radius 3 is 2.42 bits per heavy atom. The Kier molecular flexibility index (Phi) is 7.11. The molecule has 4 N–H and O–H groups in total. The van der Waals surface area contributed by atoms with Crippen LogP contribution in [0.1, 0.15) is 62.3 Å². The monoisotopic (exact) mass is 519 g/mol. The first-order chi connectivity index (χ1) is 18.2. The van der Waals surface area contributed by atoms with E-state index >= 15 is 8.78 Å². The van der Waals surface area contributed by atoms with Gasteiger partial charge < -0.3 is 20.0 Å². The van der Waals surface area contributed by atoms with Crippen molar-refractivity contribution in [1.29, 1.82) is 0 Å². The molecule has 1 atom stereocenters. The number of nitrogens with zero attached hydrogens (tertiary/aromatic N) is 3. The van der Waals surface area contributed by atoms with Crippen molar-refractivity contribution in [2.24, 2.45) is 17.5 Å². The van der Waals surface area contributed by atoms with Gasteiger partial charge in [0.15, 0.2) is 0 Å². The molecule has 0 bridgehead atoms. The van der Waals surface area contributed by atoms with Crippen molar-refractivity contribution >= 4 is 27.6 Å². The molecule has 0 radical (unpaired) electrons. The van der Waals surface area contributed by atoms with Crippen LogP contribution in [-0.2, 0) is 4.74 Å². The van der Waals surface area contributed by atoms with Gasteiger partial charge in [0.1, 0.15) is 11.6 Å². The van der Waals surface area contributed by atoms with Crippen LogP contribution in [0.15, 0.2) is 54.4 Å². The Hall–Kier alpha value is -3.49. The summed E-state index contributed by atoms with van der Waals surface area (Å²) in [5, 5.41) is 1.99. The second-order valence-corrected chi connectivity index (χ2v) is 10.6. The van der Waals surface area contributed by atoms with Crippen molar-refractivity contribution in [3.8, 4) is 0 Å². The predicted octanol–water partition coefficient (Wildman–Crippen LogP) is 6.06. The van der Waals surface area contributed by atoms with Crippen LogP contribution in [0.5, 0.6) is 0 Å². The van der Waals surface area contributed by atoms with Crippen LogP contribution in [0.3, 0.4) is 0 Å². The van der Waals surface area contributed by atoms with Crippen LogP contribution in [0.25, 0.3) is 27.6 Å². The molecule has 38 heavy (non-hydrogen) atoms. The minimum atomic E-state index is -0.447. The molecule has 2 aromatic carbocycles. The highest BCUT2D eigenvalue weighted by molar-refractivity contribution is 6.07. The average Bonchev–Trinajstić information content (AvgIpc) is 3.18. The molecule has 0 saturated carbocycles. The number of benzene rings is 2. The molecule has 1 aliphatic heterocycles. The fourth-order valence-corrected chi connectivity index (χ4v) is 5.77. The topological polar surface area (TPSA) is 82.3 Å². The van der Waals surface area contributed by atoms with Crippen LogP contribution >= 0.6 is 0 Å². The lowest BCUT2D eigenvalue weighted by Gasteiger charge is -2.33. The molecule has 0 aliphatic carbocycles. The number of hydrogen-bond acceptors (Lipinski definition) is 5. The zero-order valence-corrected chi connectivity index (χ0v) is 22.3. The summed E-state index contributed by atoms with van der Waals surface area (Å²) in [4.78, 5) is 4.80. The molecule has 4 aromatic rings. The Labute approximate surface area is 221 Å². The van der Waals surface area contributed by atoms with Gasteiger partial charge in [-0.3, -0.25) is 4.98 Å². The second kappa shape index (κ2) is 10.3. The van der Waals surface area contributed by atoms with E-state index in [2.05, 4.69) is 24.5 Å². The fourth-order valence-electron chi connectivity index (χ4n) is 5.77. The van der Waals surface area contributed by atoms with Crippen LogP contribution in [0, 0.1) is 17.6 Å². The third-order valence-corrected chi connectivity index (χ3v) is 7.61. The van der Waals surface area contributed by atoms with E-state index < -0.39 is 5.82 Å². The molecule has 6 nitrogen and oxygen atoms in total. The quantitative estimate of drug-likeness (QED) is 0.239. The van der Waals surface area contributed by atoms with Crippen LogP contribution < -0.4 is 11.6 Å². The lowest BCUT2D eigenvalue weighted by molar-refractivity contribution is 0.0548. The first kappa shape index (κ1) is 26.1. The molecule has 1 fully saturated rings. The lowest BCUT2D eigenvalue weighted by Crippen LogP contribution is -2.28. The summed E-state index contributed by atoms with van der Waals surface area (Å²) in [6.45, 7) is 7.13. The molecular weight excluding hydrogens is 484 g/mol. The predicted molar refractivity (Wildman–Crippen MR) is 148 cm³/mol. The minimum absolute atomic E-state index is 0.110. The summed E-state index contributed by atoms with van der Waals surface area (Å²) in [5.41, 5.74) is 11.2. The van der Waals surface area contributed by atoms with Crippen molar-refractivity contribution in [2.75, 3.05) is 20.3 Å². The summed E-state index contributed by atoms with van der Waals surface area (Å²) in [5.74, 6) is 5.71. The Morgan fingerprint density at radius 2 is 1.79 bits per heavy atom. The SMILES string of the molecule is C/C(N)=C(\c1cc2c(cc1F)c1ncc(C(C)C)cc1n2C(c1ccccc1F)C1CCOCC1)N(C)N. The number of allylic oxidation sites excluding steroid dienone is 1. The summed E-state index contributed by atoms with van der Waals surface area (Å²) < 4.78 is 39.0. The molecule has 2 aromatic heterocycles. The second-order valence-electron chi connectivity index (χ2n) is 10.6. The number of aromatic nitrogens is 2. The molecule has 8 heteroatoms. The van der Waals surface area contributed by atoms with Crippen molar-refractivity contribution in [3.63, 3.8) is 0 Å². The summed E-state index contributed by atoms with van der Waals surface area (Å²) in [6, 6.07) is 12.0. The van der Waals surface area contributed by atoms with E-state index in [4.69, 9.17) is 21.3 Å². The molecule has 3 heterocycles. The zero-order valence-electron chi connectivity index (χ0n) is 22.3. The smallest absolute Gasteiger partial charge is 0.133 e. The molecular formula is C30H35F2N5O. The highest BCUT2D eigenvalue weighted by Gasteiger charge is 2.32. The maximum atomic E-state index is 15.7. The number of rotatable bonds is 6. The Morgan fingerprint density at radius 1 is 1.08 bits per heavy atom. The van der Waals surface area contributed by atoms with Crippen LogP contribution in [0.4, 0.5) is 8.78 Å². The number of pyridine rings is 1. The maximum absolute atomic E-state index is 15.7. The van der Waals surface area contributed by atoms with Crippen molar-refractivity contribution < 1.29 is 13.5 Å². The van der Waals surface area contributed by atoms with E-state index in [9.17, 15) is 0 Å². The van der Waals surface area contributed by atoms with Crippen LogP contribution in [0.2, 0.25) is 0 Å². The van der Waals surface area contributed by atoms with Gasteiger partial charge >= 0.3 is 0 Å². The molecule has 0 amide bonds. The van der Waals surface area contributed by atoms with Gasteiger partial charge in [-0.15, -0.1) is 0 Å². The van der Waals surface area contributed by atoms with E-state index in [1.54, 1.807) is 26.1 Å². The van der Waals surface area contributed by atoms with Gasteiger partial charge in [0, 0.05) is 48.7 Å². The van der Waals surface area contributed by atoms with Gasteiger partial charge in [0.2, 0.25) is 0 Å². The highest BCUT2D eigenvalue weighted by atomic mass is 19.1. The summed E-state index contributed by atoms with van der Waals surface area (Å²) in [6.07, 6.45) is 3.41. The zero-order chi connectivity index (χ0) is 27.1.